The molecular formula is C12H15ClO. The van der Waals surface area contributed by atoms with Crippen LogP contribution in [0.2, 0.25) is 0 Å². The van der Waals surface area contributed by atoms with Crippen LogP contribution in [0.15, 0.2) is 18.2 Å². The maximum absolute atomic E-state index is 5.88. The lowest BCUT2D eigenvalue weighted by molar-refractivity contribution is 0.412. The fraction of sp³-hybridized carbons (Fsp3) is 0.500. The van der Waals surface area contributed by atoms with Crippen LogP contribution < -0.4 is 4.74 Å². The maximum atomic E-state index is 5.88. The van der Waals surface area contributed by atoms with Crippen LogP contribution >= 0.6 is 11.6 Å². The molecule has 0 amide bonds. The second-order valence-electron chi connectivity index (χ2n) is 3.90. The fourth-order valence-corrected chi connectivity index (χ4v) is 2.33. The highest BCUT2D eigenvalue weighted by Crippen LogP contribution is 2.28. The molecule has 1 aliphatic rings. The number of ether oxygens (including phenoxy) is 1. The van der Waals surface area contributed by atoms with Gasteiger partial charge >= 0.3 is 0 Å². The lowest BCUT2D eigenvalue weighted by Gasteiger charge is -2.23. The molecule has 76 valence electrons. The van der Waals surface area contributed by atoms with E-state index in [1.807, 2.05) is 6.07 Å². The van der Waals surface area contributed by atoms with Gasteiger partial charge in [0, 0.05) is 5.88 Å². The number of fused-ring (bicyclic) bond motifs is 1. The van der Waals surface area contributed by atoms with Crippen molar-refractivity contribution < 1.29 is 4.74 Å². The average Bonchev–Trinajstić information content (AvgIpc) is 2.27. The van der Waals surface area contributed by atoms with Gasteiger partial charge in [-0.1, -0.05) is 6.07 Å². The van der Waals surface area contributed by atoms with Crippen LogP contribution in [-0.2, 0) is 12.8 Å². The fourth-order valence-electron chi connectivity index (χ4n) is 2.07. The van der Waals surface area contributed by atoms with Gasteiger partial charge in [0.2, 0.25) is 0 Å². The van der Waals surface area contributed by atoms with Crippen molar-refractivity contribution in [1.82, 2.24) is 0 Å². The van der Waals surface area contributed by atoms with E-state index in [9.17, 15) is 0 Å². The van der Waals surface area contributed by atoms with Gasteiger partial charge in [-0.05, 0) is 48.4 Å². The van der Waals surface area contributed by atoms with E-state index >= 15 is 0 Å². The van der Waals surface area contributed by atoms with Crippen molar-refractivity contribution in [3.05, 3.63) is 29.3 Å². The molecule has 0 bridgehead atoms. The number of rotatable bonds is 2. The van der Waals surface area contributed by atoms with Crippen LogP contribution in [0.3, 0.4) is 0 Å². The zero-order chi connectivity index (χ0) is 9.97. The molecule has 1 nitrogen and oxygen atoms in total. The number of hydrogen-bond acceptors (Lipinski definition) is 1. The SMILES string of the molecule is COc1ccc2c(c1)CCC(CCl)C2. The Morgan fingerprint density at radius 3 is 3.00 bits per heavy atom. The van der Waals surface area contributed by atoms with E-state index in [0.717, 1.165) is 24.5 Å². The molecule has 0 saturated heterocycles. The third-order valence-electron chi connectivity index (χ3n) is 2.96. The van der Waals surface area contributed by atoms with Gasteiger partial charge in [-0.3, -0.25) is 0 Å². The smallest absolute Gasteiger partial charge is 0.119 e. The van der Waals surface area contributed by atoms with Gasteiger partial charge in [0.1, 0.15) is 5.75 Å². The molecule has 1 unspecified atom stereocenters. The minimum Gasteiger partial charge on any atom is -0.497 e. The topological polar surface area (TPSA) is 9.23 Å². The average molecular weight is 211 g/mol. The minimum atomic E-state index is 0.664. The minimum absolute atomic E-state index is 0.664. The summed E-state index contributed by atoms with van der Waals surface area (Å²) in [5, 5.41) is 0. The molecule has 0 heterocycles. The molecule has 1 aliphatic carbocycles. The highest BCUT2D eigenvalue weighted by Gasteiger charge is 2.17. The summed E-state index contributed by atoms with van der Waals surface area (Å²) in [5.74, 6) is 2.41. The Bertz CT molecular complexity index is 322. The highest BCUT2D eigenvalue weighted by molar-refractivity contribution is 6.18. The molecule has 14 heavy (non-hydrogen) atoms. The molecule has 0 aliphatic heterocycles. The number of benzene rings is 1. The first-order valence-electron chi connectivity index (χ1n) is 5.05. The Morgan fingerprint density at radius 1 is 1.43 bits per heavy atom. The molecule has 0 fully saturated rings. The molecule has 1 aromatic rings. The van der Waals surface area contributed by atoms with Crippen molar-refractivity contribution in [3.63, 3.8) is 0 Å². The quantitative estimate of drug-likeness (QED) is 0.682. The predicted molar refractivity (Wildman–Crippen MR) is 59.2 cm³/mol. The predicted octanol–water partition coefficient (Wildman–Crippen LogP) is 3.04. The third-order valence-corrected chi connectivity index (χ3v) is 3.40. The van der Waals surface area contributed by atoms with Crippen molar-refractivity contribution in [2.75, 3.05) is 13.0 Å². The molecule has 1 atom stereocenters. The summed E-state index contributed by atoms with van der Waals surface area (Å²) in [6.07, 6.45) is 3.48. The zero-order valence-electron chi connectivity index (χ0n) is 8.42. The lowest BCUT2D eigenvalue weighted by atomic mass is 9.85. The molecule has 0 aromatic heterocycles. The Morgan fingerprint density at radius 2 is 2.29 bits per heavy atom. The van der Waals surface area contributed by atoms with Crippen LogP contribution in [0.5, 0.6) is 5.75 Å². The van der Waals surface area contributed by atoms with Crippen LogP contribution in [0.25, 0.3) is 0 Å². The number of alkyl halides is 1. The van der Waals surface area contributed by atoms with Gasteiger partial charge in [-0.25, -0.2) is 0 Å². The summed E-state index contributed by atoms with van der Waals surface area (Å²) < 4.78 is 5.21. The standard InChI is InChI=1S/C12H15ClO/c1-14-12-5-4-10-6-9(8-13)2-3-11(10)7-12/h4-5,7,9H,2-3,6,8H2,1H3. The van der Waals surface area contributed by atoms with Crippen LogP contribution in [0.1, 0.15) is 17.5 Å². The van der Waals surface area contributed by atoms with E-state index in [2.05, 4.69) is 12.1 Å². The second kappa shape index (κ2) is 4.22. The van der Waals surface area contributed by atoms with Crippen LogP contribution in [0.4, 0.5) is 0 Å². The van der Waals surface area contributed by atoms with Crippen LogP contribution in [-0.4, -0.2) is 13.0 Å². The molecular weight excluding hydrogens is 196 g/mol. The first-order chi connectivity index (χ1) is 6.83. The van der Waals surface area contributed by atoms with E-state index in [0.29, 0.717) is 5.92 Å². The number of aryl methyl sites for hydroxylation is 1. The van der Waals surface area contributed by atoms with Gasteiger partial charge in [0.15, 0.2) is 0 Å². The van der Waals surface area contributed by atoms with Gasteiger partial charge in [0.05, 0.1) is 7.11 Å². The zero-order valence-corrected chi connectivity index (χ0v) is 9.18. The van der Waals surface area contributed by atoms with Gasteiger partial charge in [-0.15, -0.1) is 11.6 Å². The molecule has 0 N–H and O–H groups in total. The monoisotopic (exact) mass is 210 g/mol. The Hall–Kier alpha value is -0.690. The molecule has 2 rings (SSSR count). The Kier molecular flexibility index (Phi) is 2.97. The number of hydrogen-bond donors (Lipinski definition) is 0. The lowest BCUT2D eigenvalue weighted by Crippen LogP contribution is -2.15. The highest BCUT2D eigenvalue weighted by atomic mass is 35.5. The summed E-state index contributed by atoms with van der Waals surface area (Å²) in [6, 6.07) is 6.36. The molecule has 0 saturated carbocycles. The van der Waals surface area contributed by atoms with E-state index < -0.39 is 0 Å². The van der Waals surface area contributed by atoms with Gasteiger partial charge in [-0.2, -0.15) is 0 Å². The molecule has 1 aromatic carbocycles. The van der Waals surface area contributed by atoms with Crippen molar-refractivity contribution in [1.29, 1.82) is 0 Å². The summed E-state index contributed by atoms with van der Waals surface area (Å²) in [5.41, 5.74) is 2.88. The summed E-state index contributed by atoms with van der Waals surface area (Å²) >= 11 is 5.88. The molecule has 0 radical (unpaired) electrons. The van der Waals surface area contributed by atoms with E-state index in [1.54, 1.807) is 7.11 Å². The molecule has 0 spiro atoms. The van der Waals surface area contributed by atoms with Crippen molar-refractivity contribution in [2.24, 2.45) is 5.92 Å². The van der Waals surface area contributed by atoms with Crippen LogP contribution in [0, 0.1) is 5.92 Å². The first kappa shape index (κ1) is 9.85. The van der Waals surface area contributed by atoms with Crippen molar-refractivity contribution in [2.45, 2.75) is 19.3 Å². The van der Waals surface area contributed by atoms with E-state index in [-0.39, 0.29) is 0 Å². The normalized spacial score (nSPS) is 20.3. The summed E-state index contributed by atoms with van der Waals surface area (Å²) in [6.45, 7) is 0. The Balaban J connectivity index is 2.23. The third kappa shape index (κ3) is 1.88. The summed E-state index contributed by atoms with van der Waals surface area (Å²) in [4.78, 5) is 0. The van der Waals surface area contributed by atoms with Gasteiger partial charge < -0.3 is 4.74 Å². The summed E-state index contributed by atoms with van der Waals surface area (Å²) in [7, 11) is 1.71. The largest absolute Gasteiger partial charge is 0.497 e. The van der Waals surface area contributed by atoms with Gasteiger partial charge in [0.25, 0.3) is 0 Å². The van der Waals surface area contributed by atoms with Crippen molar-refractivity contribution in [3.8, 4) is 5.75 Å². The molecule has 2 heteroatoms. The van der Waals surface area contributed by atoms with Crippen molar-refractivity contribution >= 4 is 11.6 Å². The number of methoxy groups -OCH3 is 1. The first-order valence-corrected chi connectivity index (χ1v) is 5.58. The Labute approximate surface area is 90.0 Å². The van der Waals surface area contributed by atoms with E-state index in [1.165, 1.54) is 17.5 Å². The number of halogens is 1. The maximum Gasteiger partial charge on any atom is 0.119 e. The van der Waals surface area contributed by atoms with E-state index in [4.69, 9.17) is 16.3 Å². The second-order valence-corrected chi connectivity index (χ2v) is 4.21.